The molecule has 3 N–H and O–H groups in total. The van der Waals surface area contributed by atoms with Crippen LogP contribution in [0, 0.1) is 5.41 Å². The van der Waals surface area contributed by atoms with Gasteiger partial charge >= 0.3 is 0 Å². The fourth-order valence-electron chi connectivity index (χ4n) is 1.79. The first-order chi connectivity index (χ1) is 5.71. The van der Waals surface area contributed by atoms with Crippen molar-refractivity contribution in [3.05, 3.63) is 0 Å². The van der Waals surface area contributed by atoms with Crippen LogP contribution in [0.25, 0.3) is 0 Å². The van der Waals surface area contributed by atoms with Gasteiger partial charge in [-0.05, 0) is 38.9 Å². The van der Waals surface area contributed by atoms with Crippen molar-refractivity contribution in [1.82, 2.24) is 5.32 Å². The lowest BCUT2D eigenvalue weighted by atomic mass is 9.76. The minimum Gasteiger partial charge on any atom is -0.330 e. The zero-order valence-corrected chi connectivity index (χ0v) is 7.15. The fourth-order valence-corrected chi connectivity index (χ4v) is 1.79. The fraction of sp³-hybridized carbons (Fsp3) is 1.00. The molecule has 0 aromatic carbocycles. The smallest absolute Gasteiger partial charge is 0.244 e. The molecule has 1 aliphatic rings. The zero-order chi connectivity index (χ0) is 9.03. The maximum Gasteiger partial charge on any atom is 0.244 e. The number of halogens is 2. The van der Waals surface area contributed by atoms with E-state index in [0.29, 0.717) is 38.9 Å². The molecule has 0 aromatic heterocycles. The van der Waals surface area contributed by atoms with Crippen LogP contribution >= 0.6 is 0 Å². The zero-order valence-electron chi connectivity index (χ0n) is 7.15. The molecule has 1 saturated heterocycles. The van der Waals surface area contributed by atoms with E-state index in [1.165, 1.54) is 0 Å². The normalized spacial score (nSPS) is 23.0. The van der Waals surface area contributed by atoms with Gasteiger partial charge in [0.15, 0.2) is 0 Å². The second-order valence-corrected chi connectivity index (χ2v) is 3.45. The van der Waals surface area contributed by atoms with E-state index in [2.05, 4.69) is 5.32 Å². The minimum atomic E-state index is -2.22. The van der Waals surface area contributed by atoms with Gasteiger partial charge in [0, 0.05) is 5.41 Å². The molecule has 0 aromatic rings. The van der Waals surface area contributed by atoms with Gasteiger partial charge in [-0.2, -0.15) is 0 Å². The molecule has 4 heteroatoms. The van der Waals surface area contributed by atoms with Crippen molar-refractivity contribution in [2.24, 2.45) is 11.1 Å². The van der Waals surface area contributed by atoms with Crippen LogP contribution in [0.1, 0.15) is 19.3 Å². The molecule has 0 spiro atoms. The van der Waals surface area contributed by atoms with E-state index in [0.717, 1.165) is 0 Å². The predicted molar refractivity (Wildman–Crippen MR) is 44.2 cm³/mol. The summed E-state index contributed by atoms with van der Waals surface area (Å²) in [5.41, 5.74) is 4.54. The standard InChI is InChI=1S/C8H16F2N2/c9-7(10)8(1-4-11)2-5-12-6-3-8/h7,12H,1-6,11H2. The van der Waals surface area contributed by atoms with Gasteiger partial charge in [-0.1, -0.05) is 0 Å². The van der Waals surface area contributed by atoms with Crippen molar-refractivity contribution < 1.29 is 8.78 Å². The Morgan fingerprint density at radius 3 is 2.33 bits per heavy atom. The first kappa shape index (κ1) is 9.86. The molecule has 0 amide bonds. The van der Waals surface area contributed by atoms with Crippen molar-refractivity contribution >= 4 is 0 Å². The van der Waals surface area contributed by atoms with E-state index in [9.17, 15) is 8.78 Å². The molecule has 1 heterocycles. The molecule has 1 aliphatic heterocycles. The Hall–Kier alpha value is -0.220. The molecule has 0 aliphatic carbocycles. The third-order valence-corrected chi connectivity index (χ3v) is 2.70. The quantitative estimate of drug-likeness (QED) is 0.675. The number of alkyl halides is 2. The monoisotopic (exact) mass is 178 g/mol. The van der Waals surface area contributed by atoms with Gasteiger partial charge in [0.05, 0.1) is 0 Å². The highest BCUT2D eigenvalue weighted by Crippen LogP contribution is 2.38. The summed E-state index contributed by atoms with van der Waals surface area (Å²) in [6, 6.07) is 0. The molecular weight excluding hydrogens is 162 g/mol. The number of nitrogens with one attached hydrogen (secondary N) is 1. The van der Waals surface area contributed by atoms with Gasteiger partial charge in [0.1, 0.15) is 0 Å². The molecule has 2 nitrogen and oxygen atoms in total. The molecule has 0 radical (unpaired) electrons. The molecule has 0 saturated carbocycles. The van der Waals surface area contributed by atoms with E-state index in [1.54, 1.807) is 0 Å². The first-order valence-electron chi connectivity index (χ1n) is 4.40. The van der Waals surface area contributed by atoms with E-state index in [4.69, 9.17) is 5.73 Å². The largest absolute Gasteiger partial charge is 0.330 e. The molecule has 0 atom stereocenters. The van der Waals surface area contributed by atoms with Gasteiger partial charge in [-0.3, -0.25) is 0 Å². The maximum absolute atomic E-state index is 12.7. The van der Waals surface area contributed by atoms with Gasteiger partial charge in [-0.15, -0.1) is 0 Å². The van der Waals surface area contributed by atoms with Crippen molar-refractivity contribution in [3.63, 3.8) is 0 Å². The summed E-state index contributed by atoms with van der Waals surface area (Å²) in [6.45, 7) is 1.76. The molecular formula is C8H16F2N2. The lowest BCUT2D eigenvalue weighted by Crippen LogP contribution is -2.42. The number of hydrogen-bond donors (Lipinski definition) is 2. The Bertz CT molecular complexity index is 128. The van der Waals surface area contributed by atoms with Crippen molar-refractivity contribution in [1.29, 1.82) is 0 Å². The Balaban J connectivity index is 2.56. The highest BCUT2D eigenvalue weighted by atomic mass is 19.3. The summed E-state index contributed by atoms with van der Waals surface area (Å²) in [4.78, 5) is 0. The molecule has 0 bridgehead atoms. The average Bonchev–Trinajstić information content (AvgIpc) is 2.06. The summed E-state index contributed by atoms with van der Waals surface area (Å²) in [5, 5.41) is 3.08. The number of rotatable bonds is 3. The lowest BCUT2D eigenvalue weighted by Gasteiger charge is -2.36. The van der Waals surface area contributed by atoms with E-state index >= 15 is 0 Å². The summed E-state index contributed by atoms with van der Waals surface area (Å²) < 4.78 is 25.4. The second-order valence-electron chi connectivity index (χ2n) is 3.45. The first-order valence-corrected chi connectivity index (χ1v) is 4.40. The van der Waals surface area contributed by atoms with Crippen LogP contribution in [0.2, 0.25) is 0 Å². The highest BCUT2D eigenvalue weighted by molar-refractivity contribution is 4.86. The van der Waals surface area contributed by atoms with Crippen LogP contribution in [-0.2, 0) is 0 Å². The van der Waals surface area contributed by atoms with Gasteiger partial charge < -0.3 is 11.1 Å². The van der Waals surface area contributed by atoms with Crippen LogP contribution in [-0.4, -0.2) is 26.1 Å². The number of hydrogen-bond acceptors (Lipinski definition) is 2. The Labute approximate surface area is 71.5 Å². The average molecular weight is 178 g/mol. The number of nitrogens with two attached hydrogens (primary N) is 1. The van der Waals surface area contributed by atoms with Crippen LogP contribution in [0.5, 0.6) is 0 Å². The summed E-state index contributed by atoms with van der Waals surface area (Å²) in [7, 11) is 0. The molecule has 72 valence electrons. The van der Waals surface area contributed by atoms with E-state index in [-0.39, 0.29) is 0 Å². The summed E-state index contributed by atoms with van der Waals surface area (Å²) >= 11 is 0. The van der Waals surface area contributed by atoms with Crippen LogP contribution in [0.4, 0.5) is 8.78 Å². The molecule has 12 heavy (non-hydrogen) atoms. The molecule has 1 fully saturated rings. The topological polar surface area (TPSA) is 38.0 Å². The third-order valence-electron chi connectivity index (χ3n) is 2.70. The minimum absolute atomic E-state index is 0.365. The molecule has 1 rings (SSSR count). The Morgan fingerprint density at radius 2 is 1.92 bits per heavy atom. The summed E-state index contributed by atoms with van der Waals surface area (Å²) in [6.07, 6.45) is -0.654. The van der Waals surface area contributed by atoms with Gasteiger partial charge in [-0.25, -0.2) is 8.78 Å². The van der Waals surface area contributed by atoms with Crippen molar-refractivity contribution in [3.8, 4) is 0 Å². The molecule has 0 unspecified atom stereocenters. The van der Waals surface area contributed by atoms with E-state index < -0.39 is 11.8 Å². The number of piperidine rings is 1. The van der Waals surface area contributed by atoms with E-state index in [1.807, 2.05) is 0 Å². The highest BCUT2D eigenvalue weighted by Gasteiger charge is 2.39. The Morgan fingerprint density at radius 1 is 1.33 bits per heavy atom. The van der Waals surface area contributed by atoms with Crippen LogP contribution in [0.15, 0.2) is 0 Å². The van der Waals surface area contributed by atoms with Gasteiger partial charge in [0.2, 0.25) is 6.43 Å². The SMILES string of the molecule is NCCC1(C(F)F)CCNCC1. The van der Waals surface area contributed by atoms with Crippen LogP contribution < -0.4 is 11.1 Å². The third kappa shape index (κ3) is 1.93. The lowest BCUT2D eigenvalue weighted by molar-refractivity contribution is -0.0306. The van der Waals surface area contributed by atoms with Gasteiger partial charge in [0.25, 0.3) is 0 Å². The predicted octanol–water partition coefficient (Wildman–Crippen LogP) is 0.970. The second kappa shape index (κ2) is 4.14. The van der Waals surface area contributed by atoms with Crippen LogP contribution in [0.3, 0.4) is 0 Å². The van der Waals surface area contributed by atoms with Crippen molar-refractivity contribution in [2.45, 2.75) is 25.7 Å². The maximum atomic E-state index is 12.7. The van der Waals surface area contributed by atoms with Crippen molar-refractivity contribution in [2.75, 3.05) is 19.6 Å². The Kier molecular flexibility index (Phi) is 3.40. The summed E-state index contributed by atoms with van der Waals surface area (Å²) in [5.74, 6) is 0.